The molecule has 0 aliphatic heterocycles. The van der Waals surface area contributed by atoms with Gasteiger partial charge in [0.25, 0.3) is 0 Å². The zero-order valence-corrected chi connectivity index (χ0v) is 10.4. The van der Waals surface area contributed by atoms with E-state index in [1.807, 2.05) is 42.5 Å². The van der Waals surface area contributed by atoms with Gasteiger partial charge in [0.05, 0.1) is 7.11 Å². The van der Waals surface area contributed by atoms with Crippen molar-refractivity contribution in [3.63, 3.8) is 0 Å². The third kappa shape index (κ3) is 2.69. The summed E-state index contributed by atoms with van der Waals surface area (Å²) >= 11 is 0. The lowest BCUT2D eigenvalue weighted by molar-refractivity contribution is -0.118. The third-order valence-electron chi connectivity index (χ3n) is 2.67. The van der Waals surface area contributed by atoms with Gasteiger partial charge in [-0.3, -0.25) is 4.79 Å². The zero-order chi connectivity index (χ0) is 13.0. The molecule has 2 aromatic rings. The molecule has 3 heteroatoms. The first-order valence-corrected chi connectivity index (χ1v) is 5.71. The first-order chi connectivity index (χ1) is 8.70. The zero-order valence-electron chi connectivity index (χ0n) is 10.4. The second-order valence-corrected chi connectivity index (χ2v) is 3.97. The molecular formula is C15H15NO2. The molecular weight excluding hydrogens is 226 g/mol. The minimum absolute atomic E-state index is 0.0796. The van der Waals surface area contributed by atoms with Crippen molar-refractivity contribution in [3.8, 4) is 5.75 Å². The van der Waals surface area contributed by atoms with E-state index in [0.29, 0.717) is 0 Å². The smallest absolute Gasteiger partial charge is 0.220 e. The summed E-state index contributed by atoms with van der Waals surface area (Å²) in [6.45, 7) is 1.48. The number of carbonyl (C=O) groups excluding carboxylic acids is 1. The molecule has 0 saturated heterocycles. The predicted octanol–water partition coefficient (Wildman–Crippen LogP) is 2.96. The molecule has 0 atom stereocenters. The van der Waals surface area contributed by atoms with Crippen LogP contribution in [0.2, 0.25) is 0 Å². The largest absolute Gasteiger partial charge is 0.497 e. The molecule has 0 aromatic heterocycles. The summed E-state index contributed by atoms with van der Waals surface area (Å²) in [5.41, 5.74) is 1.04. The van der Waals surface area contributed by atoms with Gasteiger partial charge in [-0.25, -0.2) is 0 Å². The molecule has 0 spiro atoms. The molecule has 1 N–H and O–H groups in total. The standard InChI is InChI=1S/C15H15NO2/c1-11(17)16-9-8-13-5-3-4-12-6-7-14(18-2)10-15(12)13/h3-10H,1-2H3,(H,16,17)/b9-8+. The molecule has 18 heavy (non-hydrogen) atoms. The lowest BCUT2D eigenvalue weighted by Crippen LogP contribution is -2.11. The summed E-state index contributed by atoms with van der Waals surface area (Å²) < 4.78 is 5.23. The fourth-order valence-electron chi connectivity index (χ4n) is 1.80. The highest BCUT2D eigenvalue weighted by atomic mass is 16.5. The molecule has 0 radical (unpaired) electrons. The van der Waals surface area contributed by atoms with Crippen LogP contribution in [0.3, 0.4) is 0 Å². The molecule has 0 aliphatic carbocycles. The number of hydrogen-bond acceptors (Lipinski definition) is 2. The van der Waals surface area contributed by atoms with E-state index < -0.39 is 0 Å². The van der Waals surface area contributed by atoms with Crippen LogP contribution in [0.1, 0.15) is 12.5 Å². The fraction of sp³-hybridized carbons (Fsp3) is 0.133. The molecule has 92 valence electrons. The Hall–Kier alpha value is -2.29. The number of nitrogens with one attached hydrogen (secondary N) is 1. The summed E-state index contributed by atoms with van der Waals surface area (Å²) in [4.78, 5) is 10.8. The average Bonchev–Trinajstić information content (AvgIpc) is 2.38. The summed E-state index contributed by atoms with van der Waals surface area (Å²) in [7, 11) is 1.65. The van der Waals surface area contributed by atoms with Gasteiger partial charge in [0.2, 0.25) is 5.91 Å². The van der Waals surface area contributed by atoms with Gasteiger partial charge in [0.15, 0.2) is 0 Å². The number of methoxy groups -OCH3 is 1. The van der Waals surface area contributed by atoms with Crippen LogP contribution in [-0.2, 0) is 4.79 Å². The molecule has 0 unspecified atom stereocenters. The Balaban J connectivity index is 2.43. The van der Waals surface area contributed by atoms with Gasteiger partial charge in [0, 0.05) is 13.1 Å². The molecule has 1 amide bonds. The summed E-state index contributed by atoms with van der Waals surface area (Å²) in [5.74, 6) is 0.743. The Morgan fingerprint density at radius 3 is 2.83 bits per heavy atom. The van der Waals surface area contributed by atoms with Crippen LogP contribution in [0.15, 0.2) is 42.6 Å². The number of benzene rings is 2. The van der Waals surface area contributed by atoms with E-state index in [-0.39, 0.29) is 5.91 Å². The van der Waals surface area contributed by atoms with Crippen molar-refractivity contribution in [1.82, 2.24) is 5.32 Å². The molecule has 0 aliphatic rings. The third-order valence-corrected chi connectivity index (χ3v) is 2.67. The molecule has 3 nitrogen and oxygen atoms in total. The lowest BCUT2D eigenvalue weighted by Gasteiger charge is -2.05. The van der Waals surface area contributed by atoms with E-state index in [4.69, 9.17) is 4.74 Å². The summed E-state index contributed by atoms with van der Waals surface area (Å²) in [6, 6.07) is 12.0. The number of rotatable bonds is 3. The van der Waals surface area contributed by atoms with Gasteiger partial charge in [-0.15, -0.1) is 0 Å². The number of ether oxygens (including phenoxy) is 1. The van der Waals surface area contributed by atoms with Crippen molar-refractivity contribution in [1.29, 1.82) is 0 Å². The second kappa shape index (κ2) is 5.36. The Morgan fingerprint density at radius 2 is 2.11 bits per heavy atom. The van der Waals surface area contributed by atoms with Gasteiger partial charge in [-0.1, -0.05) is 24.3 Å². The minimum Gasteiger partial charge on any atom is -0.497 e. The normalized spacial score (nSPS) is 10.8. The van der Waals surface area contributed by atoms with Gasteiger partial charge in [-0.2, -0.15) is 0 Å². The van der Waals surface area contributed by atoms with Crippen molar-refractivity contribution < 1.29 is 9.53 Å². The molecule has 0 saturated carbocycles. The maximum Gasteiger partial charge on any atom is 0.220 e. The van der Waals surface area contributed by atoms with Crippen LogP contribution in [0.25, 0.3) is 16.8 Å². The van der Waals surface area contributed by atoms with Gasteiger partial charge in [0.1, 0.15) is 5.75 Å². The van der Waals surface area contributed by atoms with E-state index in [2.05, 4.69) is 5.32 Å². The van der Waals surface area contributed by atoms with Crippen LogP contribution in [-0.4, -0.2) is 13.0 Å². The van der Waals surface area contributed by atoms with Gasteiger partial charge < -0.3 is 10.1 Å². The Bertz CT molecular complexity index is 602. The van der Waals surface area contributed by atoms with Crippen LogP contribution >= 0.6 is 0 Å². The van der Waals surface area contributed by atoms with Crippen LogP contribution in [0.4, 0.5) is 0 Å². The van der Waals surface area contributed by atoms with Gasteiger partial charge in [-0.05, 0) is 34.5 Å². The number of fused-ring (bicyclic) bond motifs is 1. The van der Waals surface area contributed by atoms with Gasteiger partial charge >= 0.3 is 0 Å². The highest BCUT2D eigenvalue weighted by Gasteiger charge is 2.00. The first kappa shape index (κ1) is 12.2. The number of carbonyl (C=O) groups is 1. The molecule has 0 bridgehead atoms. The van der Waals surface area contributed by atoms with Crippen molar-refractivity contribution in [3.05, 3.63) is 48.2 Å². The molecule has 0 fully saturated rings. The van der Waals surface area contributed by atoms with E-state index in [9.17, 15) is 4.79 Å². The predicted molar refractivity (Wildman–Crippen MR) is 73.4 cm³/mol. The van der Waals surface area contributed by atoms with Crippen molar-refractivity contribution in [2.45, 2.75) is 6.92 Å². The Labute approximate surface area is 106 Å². The number of amides is 1. The SMILES string of the molecule is COc1ccc2cccc(/C=C/NC(C)=O)c2c1. The van der Waals surface area contributed by atoms with Crippen LogP contribution < -0.4 is 10.1 Å². The monoisotopic (exact) mass is 241 g/mol. The molecule has 0 heterocycles. The van der Waals surface area contributed by atoms with Crippen molar-refractivity contribution in [2.24, 2.45) is 0 Å². The fourth-order valence-corrected chi connectivity index (χ4v) is 1.80. The quantitative estimate of drug-likeness (QED) is 0.897. The maximum atomic E-state index is 10.8. The maximum absolute atomic E-state index is 10.8. The second-order valence-electron chi connectivity index (χ2n) is 3.97. The number of hydrogen-bond donors (Lipinski definition) is 1. The summed E-state index contributed by atoms with van der Waals surface area (Å²) in [5, 5.41) is 4.87. The highest BCUT2D eigenvalue weighted by molar-refractivity contribution is 5.91. The molecule has 2 rings (SSSR count). The summed E-state index contributed by atoms with van der Waals surface area (Å²) in [6.07, 6.45) is 3.53. The topological polar surface area (TPSA) is 38.3 Å². The Morgan fingerprint density at radius 1 is 1.28 bits per heavy atom. The lowest BCUT2D eigenvalue weighted by atomic mass is 10.0. The Kier molecular flexibility index (Phi) is 3.63. The van der Waals surface area contributed by atoms with E-state index in [0.717, 1.165) is 22.1 Å². The van der Waals surface area contributed by atoms with E-state index in [1.165, 1.54) is 6.92 Å². The van der Waals surface area contributed by atoms with E-state index in [1.54, 1.807) is 13.3 Å². The molecule has 2 aromatic carbocycles. The van der Waals surface area contributed by atoms with Crippen LogP contribution in [0.5, 0.6) is 5.75 Å². The van der Waals surface area contributed by atoms with Crippen LogP contribution in [0, 0.1) is 0 Å². The van der Waals surface area contributed by atoms with E-state index >= 15 is 0 Å². The highest BCUT2D eigenvalue weighted by Crippen LogP contribution is 2.24. The first-order valence-electron chi connectivity index (χ1n) is 5.71. The average molecular weight is 241 g/mol. The minimum atomic E-state index is -0.0796. The van der Waals surface area contributed by atoms with Crippen molar-refractivity contribution in [2.75, 3.05) is 7.11 Å². The van der Waals surface area contributed by atoms with Crippen molar-refractivity contribution >= 4 is 22.8 Å².